The Bertz CT molecular complexity index is 540. The minimum atomic E-state index is 0.151. The zero-order valence-corrected chi connectivity index (χ0v) is 10.5. The topological polar surface area (TPSA) is 61.0 Å². The van der Waals surface area contributed by atoms with Gasteiger partial charge in [-0.15, -0.1) is 0 Å². The first-order valence-electron chi connectivity index (χ1n) is 4.79. The predicted molar refractivity (Wildman–Crippen MR) is 67.7 cm³/mol. The molecule has 2 rings (SSSR count). The van der Waals surface area contributed by atoms with E-state index in [-0.39, 0.29) is 5.95 Å². The Morgan fingerprint density at radius 2 is 2.00 bits per heavy atom. The summed E-state index contributed by atoms with van der Waals surface area (Å²) in [4.78, 5) is 7.89. The van der Waals surface area contributed by atoms with Gasteiger partial charge >= 0.3 is 0 Å². The Kier molecular flexibility index (Phi) is 3.36. The second kappa shape index (κ2) is 4.77. The van der Waals surface area contributed by atoms with Crippen LogP contribution in [0, 0.1) is 6.92 Å². The summed E-state index contributed by atoms with van der Waals surface area (Å²) in [7, 11) is 0. The van der Waals surface area contributed by atoms with Gasteiger partial charge in [0, 0.05) is 11.8 Å². The van der Waals surface area contributed by atoms with E-state index in [1.54, 1.807) is 31.2 Å². The Morgan fingerprint density at radius 3 is 2.71 bits per heavy atom. The minimum Gasteiger partial charge on any atom is -0.437 e. The van der Waals surface area contributed by atoms with Crippen molar-refractivity contribution in [3.05, 3.63) is 40.0 Å². The highest BCUT2D eigenvalue weighted by molar-refractivity contribution is 6.42. The molecular weight excluding hydrogens is 261 g/mol. The van der Waals surface area contributed by atoms with Gasteiger partial charge in [0.1, 0.15) is 10.8 Å². The number of nitrogens with zero attached hydrogens (tertiary/aromatic N) is 2. The third kappa shape index (κ3) is 2.78. The van der Waals surface area contributed by atoms with Crippen LogP contribution < -0.4 is 10.5 Å². The molecule has 0 saturated heterocycles. The van der Waals surface area contributed by atoms with E-state index >= 15 is 0 Å². The molecule has 0 fully saturated rings. The number of aryl methyl sites for hydroxylation is 1. The molecule has 0 aliphatic heterocycles. The van der Waals surface area contributed by atoms with Crippen molar-refractivity contribution in [2.75, 3.05) is 5.73 Å². The molecule has 0 unspecified atom stereocenters. The number of nitrogens with two attached hydrogens (primary N) is 1. The summed E-state index contributed by atoms with van der Waals surface area (Å²) in [5, 5.41) is 0.756. The summed E-state index contributed by atoms with van der Waals surface area (Å²) in [6.07, 6.45) is 0. The second-order valence-corrected chi connectivity index (χ2v) is 4.14. The highest BCUT2D eigenvalue weighted by atomic mass is 35.5. The van der Waals surface area contributed by atoms with Gasteiger partial charge in [-0.25, -0.2) is 4.98 Å². The number of rotatable bonds is 2. The summed E-state index contributed by atoms with van der Waals surface area (Å²) >= 11 is 11.9. The van der Waals surface area contributed by atoms with E-state index in [4.69, 9.17) is 33.7 Å². The Morgan fingerprint density at radius 1 is 1.24 bits per heavy atom. The number of hydrogen-bond donors (Lipinski definition) is 1. The highest BCUT2D eigenvalue weighted by Crippen LogP contribution is 2.34. The van der Waals surface area contributed by atoms with E-state index in [9.17, 15) is 0 Å². The molecule has 1 heterocycles. The van der Waals surface area contributed by atoms with Crippen LogP contribution in [0.25, 0.3) is 0 Å². The van der Waals surface area contributed by atoms with Crippen LogP contribution in [0.15, 0.2) is 24.3 Å². The zero-order chi connectivity index (χ0) is 12.4. The molecule has 17 heavy (non-hydrogen) atoms. The van der Waals surface area contributed by atoms with Crippen molar-refractivity contribution in [1.29, 1.82) is 0 Å². The van der Waals surface area contributed by atoms with Gasteiger partial charge in [-0.2, -0.15) is 4.98 Å². The fraction of sp³-hybridized carbons (Fsp3) is 0.0909. The normalized spacial score (nSPS) is 10.3. The molecule has 0 bridgehead atoms. The van der Waals surface area contributed by atoms with E-state index in [1.165, 1.54) is 0 Å². The molecule has 88 valence electrons. The Hall–Kier alpha value is -1.52. The van der Waals surface area contributed by atoms with Crippen molar-refractivity contribution < 1.29 is 4.74 Å². The Balaban J connectivity index is 2.34. The van der Waals surface area contributed by atoms with Gasteiger partial charge in [-0.1, -0.05) is 29.3 Å². The van der Waals surface area contributed by atoms with Crippen LogP contribution in [0.3, 0.4) is 0 Å². The van der Waals surface area contributed by atoms with E-state index in [0.717, 1.165) is 0 Å². The van der Waals surface area contributed by atoms with Crippen LogP contribution in [0.4, 0.5) is 5.95 Å². The first-order valence-corrected chi connectivity index (χ1v) is 5.55. The molecule has 4 nitrogen and oxygen atoms in total. The molecule has 1 aromatic carbocycles. The second-order valence-electron chi connectivity index (χ2n) is 3.36. The van der Waals surface area contributed by atoms with Gasteiger partial charge in [0.15, 0.2) is 0 Å². The fourth-order valence-electron chi connectivity index (χ4n) is 1.29. The molecular formula is C11H9Cl2N3O. The van der Waals surface area contributed by atoms with Gasteiger partial charge in [0.25, 0.3) is 0 Å². The molecule has 0 spiro atoms. The zero-order valence-electron chi connectivity index (χ0n) is 8.95. The summed E-state index contributed by atoms with van der Waals surface area (Å²) in [5.74, 6) is 0.911. The number of nitrogen functional groups attached to an aromatic ring is 1. The van der Waals surface area contributed by atoms with Gasteiger partial charge in [0.05, 0.1) is 5.02 Å². The molecule has 0 aliphatic carbocycles. The lowest BCUT2D eigenvalue weighted by Gasteiger charge is -2.08. The van der Waals surface area contributed by atoms with Crippen molar-refractivity contribution in [2.24, 2.45) is 0 Å². The monoisotopic (exact) mass is 269 g/mol. The molecule has 0 radical (unpaired) electrons. The first kappa shape index (κ1) is 12.0. The summed E-state index contributed by atoms with van der Waals surface area (Å²) in [6, 6.07) is 6.77. The average Bonchev–Trinajstić information content (AvgIpc) is 2.23. The molecule has 0 saturated carbocycles. The average molecular weight is 270 g/mol. The number of aromatic nitrogens is 2. The molecule has 0 aliphatic rings. The number of benzene rings is 1. The number of anilines is 1. The SMILES string of the molecule is Cc1cc(Oc2cccc(Cl)c2Cl)nc(N)n1. The molecule has 2 aromatic rings. The number of halogens is 2. The van der Waals surface area contributed by atoms with Crippen LogP contribution in [0.2, 0.25) is 10.0 Å². The van der Waals surface area contributed by atoms with Gasteiger partial charge < -0.3 is 10.5 Å². The molecule has 6 heteroatoms. The van der Waals surface area contributed by atoms with Crippen LogP contribution in [-0.4, -0.2) is 9.97 Å². The number of ether oxygens (including phenoxy) is 1. The predicted octanol–water partition coefficient (Wildman–Crippen LogP) is 3.47. The van der Waals surface area contributed by atoms with Crippen molar-refractivity contribution in [3.63, 3.8) is 0 Å². The van der Waals surface area contributed by atoms with Crippen LogP contribution >= 0.6 is 23.2 Å². The lowest BCUT2D eigenvalue weighted by molar-refractivity contribution is 0.462. The largest absolute Gasteiger partial charge is 0.437 e. The highest BCUT2D eigenvalue weighted by Gasteiger charge is 2.08. The van der Waals surface area contributed by atoms with E-state index < -0.39 is 0 Å². The molecule has 2 N–H and O–H groups in total. The fourth-order valence-corrected chi connectivity index (χ4v) is 1.62. The van der Waals surface area contributed by atoms with Gasteiger partial charge in [0.2, 0.25) is 11.8 Å². The van der Waals surface area contributed by atoms with Crippen molar-refractivity contribution in [3.8, 4) is 11.6 Å². The van der Waals surface area contributed by atoms with Crippen molar-refractivity contribution in [2.45, 2.75) is 6.92 Å². The minimum absolute atomic E-state index is 0.151. The maximum atomic E-state index is 5.99. The van der Waals surface area contributed by atoms with E-state index in [0.29, 0.717) is 27.4 Å². The van der Waals surface area contributed by atoms with E-state index in [1.807, 2.05) is 0 Å². The lowest BCUT2D eigenvalue weighted by Crippen LogP contribution is -1.98. The van der Waals surface area contributed by atoms with Crippen molar-refractivity contribution >= 4 is 29.2 Å². The van der Waals surface area contributed by atoms with E-state index in [2.05, 4.69) is 9.97 Å². The lowest BCUT2D eigenvalue weighted by atomic mass is 10.3. The molecule has 1 aromatic heterocycles. The first-order chi connectivity index (χ1) is 8.06. The number of hydrogen-bond acceptors (Lipinski definition) is 4. The van der Waals surface area contributed by atoms with Crippen LogP contribution in [-0.2, 0) is 0 Å². The smallest absolute Gasteiger partial charge is 0.224 e. The van der Waals surface area contributed by atoms with Crippen LogP contribution in [0.1, 0.15) is 5.69 Å². The third-order valence-electron chi connectivity index (χ3n) is 1.98. The Labute approximate surface area is 108 Å². The molecule has 0 amide bonds. The van der Waals surface area contributed by atoms with Gasteiger partial charge in [-0.3, -0.25) is 0 Å². The quantitative estimate of drug-likeness (QED) is 0.907. The summed E-state index contributed by atoms with van der Waals surface area (Å²) in [5.41, 5.74) is 6.23. The molecule has 0 atom stereocenters. The van der Waals surface area contributed by atoms with Crippen molar-refractivity contribution in [1.82, 2.24) is 9.97 Å². The summed E-state index contributed by atoms with van der Waals surface area (Å²) < 4.78 is 5.50. The maximum absolute atomic E-state index is 5.99. The third-order valence-corrected chi connectivity index (χ3v) is 2.78. The van der Waals surface area contributed by atoms with Crippen LogP contribution in [0.5, 0.6) is 11.6 Å². The summed E-state index contributed by atoms with van der Waals surface area (Å²) in [6.45, 7) is 1.80. The van der Waals surface area contributed by atoms with Gasteiger partial charge in [-0.05, 0) is 19.1 Å². The standard InChI is InChI=1S/C11H9Cl2N3O/c1-6-5-9(16-11(14)15-6)17-8-4-2-3-7(12)10(8)13/h2-5H,1H3,(H2,14,15,16). The maximum Gasteiger partial charge on any atom is 0.224 e.